The highest BCUT2D eigenvalue weighted by atomic mass is 16.4. The van der Waals surface area contributed by atoms with Gasteiger partial charge in [-0.3, -0.25) is 0 Å². The van der Waals surface area contributed by atoms with E-state index in [4.69, 9.17) is 10.8 Å². The standard InChI is InChI=1S/C5H5NO3/c6-5(4(8)9)1-3(5)2-7/h1,6H2,(H,8,9). The van der Waals surface area contributed by atoms with E-state index < -0.39 is 11.5 Å². The fourth-order valence-corrected chi connectivity index (χ4v) is 0.566. The van der Waals surface area contributed by atoms with Crippen LogP contribution in [0, 0.1) is 0 Å². The molecule has 0 aromatic heterocycles. The van der Waals surface area contributed by atoms with Crippen molar-refractivity contribution in [3.05, 3.63) is 5.57 Å². The first kappa shape index (κ1) is 6.01. The van der Waals surface area contributed by atoms with Crippen molar-refractivity contribution in [3.63, 3.8) is 0 Å². The molecule has 1 fully saturated rings. The molecule has 9 heavy (non-hydrogen) atoms. The second kappa shape index (κ2) is 1.43. The van der Waals surface area contributed by atoms with Gasteiger partial charge in [-0.15, -0.1) is 0 Å². The Labute approximate surface area is 51.0 Å². The minimum absolute atomic E-state index is 0.145. The minimum Gasteiger partial charge on any atom is -0.480 e. The fourth-order valence-electron chi connectivity index (χ4n) is 0.566. The lowest BCUT2D eigenvalue weighted by Gasteiger charge is -1.94. The number of hydrogen-bond acceptors (Lipinski definition) is 3. The van der Waals surface area contributed by atoms with Gasteiger partial charge in [-0.1, -0.05) is 0 Å². The molecule has 0 amide bonds. The first-order chi connectivity index (χ1) is 4.11. The van der Waals surface area contributed by atoms with Gasteiger partial charge in [0.1, 0.15) is 5.94 Å². The molecule has 1 atom stereocenters. The van der Waals surface area contributed by atoms with E-state index in [0.29, 0.717) is 0 Å². The zero-order chi connectivity index (χ0) is 7.07. The molecule has 4 heteroatoms. The summed E-state index contributed by atoms with van der Waals surface area (Å²) in [6, 6.07) is 0. The van der Waals surface area contributed by atoms with Crippen molar-refractivity contribution in [2.75, 3.05) is 0 Å². The van der Waals surface area contributed by atoms with Crippen molar-refractivity contribution >= 4 is 11.9 Å². The molecule has 0 aromatic carbocycles. The van der Waals surface area contributed by atoms with Crippen molar-refractivity contribution < 1.29 is 14.7 Å². The highest BCUT2D eigenvalue weighted by Gasteiger charge is 2.54. The van der Waals surface area contributed by atoms with Crippen LogP contribution in [0.25, 0.3) is 0 Å². The molecule has 0 heterocycles. The van der Waals surface area contributed by atoms with E-state index in [9.17, 15) is 9.59 Å². The number of hydrogen-bond donors (Lipinski definition) is 2. The number of carbonyl (C=O) groups is 1. The first-order valence-corrected chi connectivity index (χ1v) is 2.38. The van der Waals surface area contributed by atoms with Crippen molar-refractivity contribution in [2.45, 2.75) is 12.0 Å². The van der Waals surface area contributed by atoms with Crippen molar-refractivity contribution in [1.29, 1.82) is 0 Å². The van der Waals surface area contributed by atoms with Crippen LogP contribution in [0.4, 0.5) is 0 Å². The van der Waals surface area contributed by atoms with Gasteiger partial charge in [0.25, 0.3) is 0 Å². The molecule has 0 aromatic rings. The first-order valence-electron chi connectivity index (χ1n) is 2.38. The molecular formula is C5H5NO3. The number of carbonyl (C=O) groups excluding carboxylic acids is 1. The normalized spacial score (nSPS) is 31.4. The topological polar surface area (TPSA) is 80.4 Å². The monoisotopic (exact) mass is 127 g/mol. The van der Waals surface area contributed by atoms with Gasteiger partial charge in [0.05, 0.1) is 0 Å². The van der Waals surface area contributed by atoms with Crippen LogP contribution in [0.5, 0.6) is 0 Å². The van der Waals surface area contributed by atoms with Gasteiger partial charge in [-0.05, 0) is 0 Å². The van der Waals surface area contributed by atoms with Crippen LogP contribution in [0.3, 0.4) is 0 Å². The predicted octanol–water partition coefficient (Wildman–Crippen LogP) is -1.07. The summed E-state index contributed by atoms with van der Waals surface area (Å²) in [4.78, 5) is 19.9. The van der Waals surface area contributed by atoms with E-state index in [0.717, 1.165) is 0 Å². The van der Waals surface area contributed by atoms with E-state index in [1.54, 1.807) is 0 Å². The number of carboxylic acids is 1. The third kappa shape index (κ3) is 0.650. The predicted molar refractivity (Wildman–Crippen MR) is 28.4 cm³/mol. The van der Waals surface area contributed by atoms with E-state index >= 15 is 0 Å². The second-order valence-electron chi connectivity index (χ2n) is 2.03. The second-order valence-corrected chi connectivity index (χ2v) is 2.03. The van der Waals surface area contributed by atoms with Gasteiger partial charge < -0.3 is 10.8 Å². The van der Waals surface area contributed by atoms with Crippen LogP contribution < -0.4 is 5.73 Å². The van der Waals surface area contributed by atoms with Gasteiger partial charge in [-0.2, -0.15) is 0 Å². The summed E-state index contributed by atoms with van der Waals surface area (Å²) in [6.45, 7) is 0. The Kier molecular flexibility index (Phi) is 0.957. The molecule has 0 aliphatic heterocycles. The summed E-state index contributed by atoms with van der Waals surface area (Å²) in [5.74, 6) is 0.320. The minimum atomic E-state index is -1.37. The summed E-state index contributed by atoms with van der Waals surface area (Å²) in [5.41, 5.74) is 3.92. The molecule has 0 radical (unpaired) electrons. The van der Waals surface area contributed by atoms with Crippen LogP contribution >= 0.6 is 0 Å². The fraction of sp³-hybridized carbons (Fsp3) is 0.400. The van der Waals surface area contributed by atoms with Gasteiger partial charge in [0.15, 0.2) is 5.54 Å². The molecule has 3 N–H and O–H groups in total. The third-order valence-electron chi connectivity index (χ3n) is 1.37. The van der Waals surface area contributed by atoms with Crippen molar-refractivity contribution in [3.8, 4) is 0 Å². The maximum Gasteiger partial charge on any atom is 0.329 e. The van der Waals surface area contributed by atoms with E-state index in [1.807, 2.05) is 0 Å². The smallest absolute Gasteiger partial charge is 0.329 e. The Hall–Kier alpha value is -1.12. The van der Waals surface area contributed by atoms with Crippen molar-refractivity contribution in [2.24, 2.45) is 5.73 Å². The Bertz CT molecular complexity index is 216. The van der Waals surface area contributed by atoms with Gasteiger partial charge >= 0.3 is 5.97 Å². The molecule has 4 nitrogen and oxygen atoms in total. The van der Waals surface area contributed by atoms with Gasteiger partial charge in [0.2, 0.25) is 0 Å². The Morgan fingerprint density at radius 1 is 1.89 bits per heavy atom. The SMILES string of the molecule is NC1(C(=O)O)CC1=C=O. The summed E-state index contributed by atoms with van der Waals surface area (Å²) >= 11 is 0. The average Bonchev–Trinajstić information content (AvgIpc) is 2.44. The maximum atomic E-state index is 10.1. The van der Waals surface area contributed by atoms with Crippen LogP contribution in [-0.2, 0) is 9.59 Å². The molecule has 48 valence electrons. The van der Waals surface area contributed by atoms with E-state index in [1.165, 1.54) is 5.94 Å². The van der Waals surface area contributed by atoms with Gasteiger partial charge in [-0.25, -0.2) is 9.59 Å². The lowest BCUT2D eigenvalue weighted by Crippen LogP contribution is -2.32. The molecule has 1 aliphatic carbocycles. The number of rotatable bonds is 1. The van der Waals surface area contributed by atoms with E-state index in [2.05, 4.69) is 0 Å². The molecule has 1 aliphatic rings. The number of nitrogens with two attached hydrogens (primary N) is 1. The Morgan fingerprint density at radius 3 is 2.56 bits per heavy atom. The van der Waals surface area contributed by atoms with Crippen LogP contribution in [-0.4, -0.2) is 22.6 Å². The van der Waals surface area contributed by atoms with E-state index in [-0.39, 0.29) is 12.0 Å². The molecule has 1 rings (SSSR count). The molecule has 1 saturated carbocycles. The Morgan fingerprint density at radius 2 is 2.44 bits per heavy atom. The van der Waals surface area contributed by atoms with Crippen LogP contribution in [0.1, 0.15) is 6.42 Å². The van der Waals surface area contributed by atoms with Crippen LogP contribution in [0.15, 0.2) is 5.57 Å². The molecule has 0 bridgehead atoms. The van der Waals surface area contributed by atoms with Crippen LogP contribution in [0.2, 0.25) is 0 Å². The summed E-state index contributed by atoms with van der Waals surface area (Å²) in [7, 11) is 0. The summed E-state index contributed by atoms with van der Waals surface area (Å²) in [5, 5.41) is 8.29. The molecule has 0 spiro atoms. The van der Waals surface area contributed by atoms with Crippen molar-refractivity contribution in [1.82, 2.24) is 0 Å². The zero-order valence-electron chi connectivity index (χ0n) is 4.55. The maximum absolute atomic E-state index is 10.1. The average molecular weight is 127 g/mol. The summed E-state index contributed by atoms with van der Waals surface area (Å²) in [6.07, 6.45) is 0.145. The van der Waals surface area contributed by atoms with Gasteiger partial charge in [0, 0.05) is 12.0 Å². The lowest BCUT2D eigenvalue weighted by atomic mass is 10.3. The highest BCUT2D eigenvalue weighted by Crippen LogP contribution is 2.37. The molecular weight excluding hydrogens is 122 g/mol. The lowest BCUT2D eigenvalue weighted by molar-refractivity contribution is -0.139. The number of aliphatic carboxylic acids is 1. The molecule has 1 unspecified atom stereocenters. The third-order valence-corrected chi connectivity index (χ3v) is 1.37. The molecule has 0 saturated heterocycles. The zero-order valence-corrected chi connectivity index (χ0v) is 4.55. The quantitative estimate of drug-likeness (QED) is 0.439. The summed E-state index contributed by atoms with van der Waals surface area (Å²) < 4.78 is 0. The highest BCUT2D eigenvalue weighted by molar-refractivity contribution is 5.94. The Balaban J connectivity index is 2.86. The number of carboxylic acid groups (broad SMARTS) is 1. The largest absolute Gasteiger partial charge is 0.480 e.